The van der Waals surface area contributed by atoms with Crippen LogP contribution in [0.1, 0.15) is 33.3 Å². The normalized spacial score (nSPS) is 19.9. The molecule has 0 aromatic heterocycles. The molecule has 1 heterocycles. The first-order valence-electron chi connectivity index (χ1n) is 8.19. The molecule has 1 fully saturated rings. The Hall–Kier alpha value is -2.90. The molecule has 8 heteroatoms. The van der Waals surface area contributed by atoms with E-state index in [1.807, 2.05) is 0 Å². The molecule has 4 amide bonds. The molecule has 1 aromatic carbocycles. The molecule has 1 atom stereocenters. The Morgan fingerprint density at radius 3 is 2.38 bits per heavy atom. The molecule has 0 saturated carbocycles. The molecule has 0 bridgehead atoms. The van der Waals surface area contributed by atoms with Crippen molar-refractivity contribution < 1.29 is 23.9 Å². The van der Waals surface area contributed by atoms with Crippen LogP contribution in [0.15, 0.2) is 30.3 Å². The van der Waals surface area contributed by atoms with Crippen molar-refractivity contribution >= 4 is 23.8 Å². The van der Waals surface area contributed by atoms with E-state index in [0.29, 0.717) is 5.56 Å². The molecule has 1 saturated heterocycles. The Bertz CT molecular complexity index is 726. The number of esters is 1. The van der Waals surface area contributed by atoms with Crippen molar-refractivity contribution in [1.82, 2.24) is 15.5 Å². The van der Waals surface area contributed by atoms with Gasteiger partial charge in [0, 0.05) is 5.54 Å². The maximum atomic E-state index is 12.7. The summed E-state index contributed by atoms with van der Waals surface area (Å²) in [5.41, 5.74) is -1.09. The Kier molecular flexibility index (Phi) is 5.34. The molecule has 2 N–H and O–H groups in total. The Labute approximate surface area is 151 Å². The fourth-order valence-electron chi connectivity index (χ4n) is 2.58. The molecule has 140 valence electrons. The van der Waals surface area contributed by atoms with Crippen LogP contribution in [0.2, 0.25) is 0 Å². The largest absolute Gasteiger partial charge is 0.454 e. The summed E-state index contributed by atoms with van der Waals surface area (Å²) in [5, 5.41) is 5.24. The zero-order valence-electron chi connectivity index (χ0n) is 15.3. The van der Waals surface area contributed by atoms with Crippen LogP contribution in [0.3, 0.4) is 0 Å². The van der Waals surface area contributed by atoms with Crippen LogP contribution in [0, 0.1) is 0 Å². The highest BCUT2D eigenvalue weighted by molar-refractivity contribution is 6.08. The molecule has 0 radical (unpaired) electrons. The van der Waals surface area contributed by atoms with Crippen molar-refractivity contribution in [3.8, 4) is 0 Å². The number of nitrogens with one attached hydrogen (secondary N) is 2. The second-order valence-corrected chi connectivity index (χ2v) is 7.27. The molecular formula is C18H23N3O5. The summed E-state index contributed by atoms with van der Waals surface area (Å²) in [7, 11) is 0. The number of hydrogen-bond acceptors (Lipinski definition) is 5. The first-order chi connectivity index (χ1) is 12.0. The number of carbonyl (C=O) groups is 4. The van der Waals surface area contributed by atoms with Crippen LogP contribution in [-0.2, 0) is 24.7 Å². The summed E-state index contributed by atoms with van der Waals surface area (Å²) in [6.07, 6.45) is 0. The summed E-state index contributed by atoms with van der Waals surface area (Å²) < 4.78 is 4.86. The van der Waals surface area contributed by atoms with Gasteiger partial charge in [0.2, 0.25) is 0 Å². The van der Waals surface area contributed by atoms with E-state index in [2.05, 4.69) is 10.6 Å². The monoisotopic (exact) mass is 361 g/mol. The van der Waals surface area contributed by atoms with Crippen LogP contribution in [0.5, 0.6) is 0 Å². The van der Waals surface area contributed by atoms with Crippen molar-refractivity contribution in [1.29, 1.82) is 0 Å². The van der Waals surface area contributed by atoms with E-state index >= 15 is 0 Å². The molecule has 0 spiro atoms. The van der Waals surface area contributed by atoms with E-state index in [1.165, 1.54) is 0 Å². The standard InChI is InChI=1S/C18H23N3O5/c1-17(2,3)19-13(22)11-26-14(23)10-21-15(24)18(4,20-16(21)25)12-8-6-5-7-9-12/h5-9H,10-11H2,1-4H3,(H,19,22)(H,20,25)/t18-/m0/s1. The van der Waals surface area contributed by atoms with Crippen LogP contribution in [0.4, 0.5) is 4.79 Å². The maximum Gasteiger partial charge on any atom is 0.326 e. The van der Waals surface area contributed by atoms with E-state index in [9.17, 15) is 19.2 Å². The minimum Gasteiger partial charge on any atom is -0.454 e. The van der Waals surface area contributed by atoms with Crippen molar-refractivity contribution in [3.05, 3.63) is 35.9 Å². The second kappa shape index (κ2) is 7.15. The number of urea groups is 1. The average Bonchev–Trinajstić information content (AvgIpc) is 2.76. The van der Waals surface area contributed by atoms with Gasteiger partial charge in [0.1, 0.15) is 12.1 Å². The average molecular weight is 361 g/mol. The zero-order chi connectivity index (χ0) is 19.5. The Morgan fingerprint density at radius 2 is 1.81 bits per heavy atom. The van der Waals surface area contributed by atoms with E-state index in [0.717, 1.165) is 4.90 Å². The van der Waals surface area contributed by atoms with Gasteiger partial charge in [-0.2, -0.15) is 0 Å². The maximum absolute atomic E-state index is 12.7. The van der Waals surface area contributed by atoms with E-state index < -0.39 is 48.0 Å². The molecular weight excluding hydrogens is 338 g/mol. The lowest BCUT2D eigenvalue weighted by Crippen LogP contribution is -2.44. The third kappa shape index (κ3) is 4.38. The predicted octanol–water partition coefficient (Wildman–Crippen LogP) is 0.911. The fraction of sp³-hybridized carbons (Fsp3) is 0.444. The highest BCUT2D eigenvalue weighted by atomic mass is 16.5. The van der Waals surface area contributed by atoms with Gasteiger partial charge >= 0.3 is 12.0 Å². The number of benzene rings is 1. The van der Waals surface area contributed by atoms with Gasteiger partial charge in [0.05, 0.1) is 0 Å². The topological polar surface area (TPSA) is 105 Å². The SMILES string of the molecule is CC(C)(C)NC(=O)COC(=O)CN1C(=O)N[C@@](C)(c2ccccc2)C1=O. The third-order valence-electron chi connectivity index (χ3n) is 3.79. The number of amides is 4. The highest BCUT2D eigenvalue weighted by Crippen LogP contribution is 2.28. The van der Waals surface area contributed by atoms with Crippen LogP contribution >= 0.6 is 0 Å². The molecule has 2 rings (SSSR count). The zero-order valence-corrected chi connectivity index (χ0v) is 15.3. The van der Waals surface area contributed by atoms with Gasteiger partial charge in [-0.3, -0.25) is 19.3 Å². The highest BCUT2D eigenvalue weighted by Gasteiger charge is 2.49. The number of nitrogens with zero attached hydrogens (tertiary/aromatic N) is 1. The van der Waals surface area contributed by atoms with Crippen molar-refractivity contribution in [2.75, 3.05) is 13.2 Å². The number of imide groups is 1. The van der Waals surface area contributed by atoms with Crippen LogP contribution in [-0.4, -0.2) is 47.4 Å². The van der Waals surface area contributed by atoms with Gasteiger partial charge < -0.3 is 15.4 Å². The summed E-state index contributed by atoms with van der Waals surface area (Å²) >= 11 is 0. The fourth-order valence-corrected chi connectivity index (χ4v) is 2.58. The van der Waals surface area contributed by atoms with Crippen LogP contribution < -0.4 is 10.6 Å². The summed E-state index contributed by atoms with van der Waals surface area (Å²) in [6, 6.07) is 8.06. The minimum atomic E-state index is -1.25. The lowest BCUT2D eigenvalue weighted by molar-refractivity contribution is -0.151. The molecule has 0 aliphatic carbocycles. The van der Waals surface area contributed by atoms with Gasteiger partial charge in [-0.15, -0.1) is 0 Å². The van der Waals surface area contributed by atoms with E-state index in [4.69, 9.17) is 4.74 Å². The second-order valence-electron chi connectivity index (χ2n) is 7.27. The van der Waals surface area contributed by atoms with Gasteiger partial charge in [-0.05, 0) is 33.3 Å². The smallest absolute Gasteiger partial charge is 0.326 e. The molecule has 0 unspecified atom stereocenters. The van der Waals surface area contributed by atoms with E-state index in [1.54, 1.807) is 58.0 Å². The van der Waals surface area contributed by atoms with Crippen molar-refractivity contribution in [3.63, 3.8) is 0 Å². The molecule has 1 aromatic rings. The number of ether oxygens (including phenoxy) is 1. The summed E-state index contributed by atoms with van der Waals surface area (Å²) in [6.45, 7) is 5.93. The summed E-state index contributed by atoms with van der Waals surface area (Å²) in [4.78, 5) is 49.2. The number of carbonyl (C=O) groups excluding carboxylic acids is 4. The lowest BCUT2D eigenvalue weighted by Gasteiger charge is -2.22. The van der Waals surface area contributed by atoms with Crippen molar-refractivity contribution in [2.24, 2.45) is 0 Å². The Morgan fingerprint density at radius 1 is 1.19 bits per heavy atom. The number of rotatable bonds is 5. The van der Waals surface area contributed by atoms with Gasteiger partial charge in [0.15, 0.2) is 6.61 Å². The number of hydrogen-bond donors (Lipinski definition) is 2. The van der Waals surface area contributed by atoms with Gasteiger partial charge in [0.25, 0.3) is 11.8 Å². The third-order valence-corrected chi connectivity index (χ3v) is 3.79. The minimum absolute atomic E-state index is 0.453. The predicted molar refractivity (Wildman–Crippen MR) is 92.9 cm³/mol. The molecule has 26 heavy (non-hydrogen) atoms. The van der Waals surface area contributed by atoms with Crippen LogP contribution in [0.25, 0.3) is 0 Å². The summed E-state index contributed by atoms with van der Waals surface area (Å²) in [5.74, 6) is -1.85. The lowest BCUT2D eigenvalue weighted by atomic mass is 9.92. The molecule has 1 aliphatic heterocycles. The van der Waals surface area contributed by atoms with Crippen molar-refractivity contribution in [2.45, 2.75) is 38.8 Å². The van der Waals surface area contributed by atoms with Gasteiger partial charge in [-0.25, -0.2) is 4.79 Å². The Balaban J connectivity index is 1.97. The first kappa shape index (κ1) is 19.4. The van der Waals surface area contributed by atoms with Gasteiger partial charge in [-0.1, -0.05) is 30.3 Å². The quantitative estimate of drug-likeness (QED) is 0.599. The molecule has 8 nitrogen and oxygen atoms in total. The van der Waals surface area contributed by atoms with E-state index in [-0.39, 0.29) is 0 Å². The molecule has 1 aliphatic rings. The first-order valence-corrected chi connectivity index (χ1v) is 8.19.